The van der Waals surface area contributed by atoms with Crippen molar-refractivity contribution in [3.05, 3.63) is 37.9 Å². The molecule has 0 amide bonds. The van der Waals surface area contributed by atoms with Gasteiger partial charge in [0.2, 0.25) is 0 Å². The van der Waals surface area contributed by atoms with Gasteiger partial charge in [0.1, 0.15) is 0 Å². The molecule has 6 heteroatoms. The van der Waals surface area contributed by atoms with Gasteiger partial charge in [0.15, 0.2) is 0 Å². The molecule has 3 N–H and O–H groups in total. The van der Waals surface area contributed by atoms with Gasteiger partial charge < -0.3 is 0 Å². The highest BCUT2D eigenvalue weighted by atomic mass is 35.5. The van der Waals surface area contributed by atoms with Crippen LogP contribution in [0.2, 0.25) is 5.02 Å². The second-order valence-electron chi connectivity index (χ2n) is 2.64. The summed E-state index contributed by atoms with van der Waals surface area (Å²) in [5, 5.41) is 2.69. The van der Waals surface area contributed by atoms with Gasteiger partial charge in [-0.3, -0.25) is 10.8 Å². The predicted octanol–water partition coefficient (Wildman–Crippen LogP) is 2.41. The molecule has 14 heavy (non-hydrogen) atoms. The molecule has 0 fully saturated rings. The minimum Gasteiger partial charge on any atom is -0.271 e. The molecule has 0 aliphatic rings. The van der Waals surface area contributed by atoms with Crippen LogP contribution in [0.3, 0.4) is 0 Å². The Kier molecular flexibility index (Phi) is 3.15. The molecule has 0 radical (unpaired) electrons. The van der Waals surface area contributed by atoms with E-state index in [9.17, 15) is 0 Å². The van der Waals surface area contributed by atoms with Crippen molar-refractivity contribution in [1.29, 1.82) is 0 Å². The molecule has 74 valence electrons. The van der Waals surface area contributed by atoms with Crippen molar-refractivity contribution in [1.82, 2.24) is 10.4 Å². The van der Waals surface area contributed by atoms with Gasteiger partial charge in [0.25, 0.3) is 0 Å². The Labute approximate surface area is 94.5 Å². The first kappa shape index (κ1) is 10.1. The van der Waals surface area contributed by atoms with Crippen LogP contribution < -0.4 is 11.3 Å². The number of thiophene rings is 1. The molecule has 0 aromatic carbocycles. The van der Waals surface area contributed by atoms with Crippen LogP contribution in [0.1, 0.15) is 15.8 Å². The van der Waals surface area contributed by atoms with E-state index < -0.39 is 0 Å². The molecule has 0 bridgehead atoms. The molecule has 2 heterocycles. The number of nitrogens with zero attached hydrogens (tertiary/aromatic N) is 1. The molecule has 2 aromatic heterocycles. The minimum absolute atomic E-state index is 0.0463. The Hall–Kier alpha value is -0.460. The number of nitrogens with two attached hydrogens (primary N) is 1. The average molecular weight is 246 g/mol. The zero-order valence-electron chi connectivity index (χ0n) is 7.11. The third-order valence-corrected chi connectivity index (χ3v) is 4.07. The standard InChI is InChI=1S/C8H8ClN3S2/c9-5-1-2-13-8(5)7(12-10)6-3-11-4-14-6/h1-4,7,12H,10H2. The summed E-state index contributed by atoms with van der Waals surface area (Å²) in [6, 6.07) is 1.82. The van der Waals surface area contributed by atoms with Gasteiger partial charge in [-0.2, -0.15) is 0 Å². The van der Waals surface area contributed by atoms with Gasteiger partial charge in [-0.25, -0.2) is 5.43 Å². The summed E-state index contributed by atoms with van der Waals surface area (Å²) in [6.07, 6.45) is 1.80. The second kappa shape index (κ2) is 4.37. The molecular weight excluding hydrogens is 238 g/mol. The summed E-state index contributed by atoms with van der Waals surface area (Å²) < 4.78 is 0. The van der Waals surface area contributed by atoms with Crippen molar-refractivity contribution in [3.8, 4) is 0 Å². The molecule has 0 aliphatic carbocycles. The monoisotopic (exact) mass is 245 g/mol. The van der Waals surface area contributed by atoms with E-state index in [0.717, 1.165) is 14.8 Å². The predicted molar refractivity (Wildman–Crippen MR) is 60.6 cm³/mol. The molecule has 3 nitrogen and oxygen atoms in total. The lowest BCUT2D eigenvalue weighted by molar-refractivity contribution is 0.655. The molecule has 0 spiro atoms. The van der Waals surface area contributed by atoms with E-state index in [2.05, 4.69) is 10.4 Å². The number of nitrogens with one attached hydrogen (secondary N) is 1. The largest absolute Gasteiger partial charge is 0.271 e. The van der Waals surface area contributed by atoms with Gasteiger partial charge in [0, 0.05) is 16.0 Å². The summed E-state index contributed by atoms with van der Waals surface area (Å²) in [5.74, 6) is 5.50. The lowest BCUT2D eigenvalue weighted by Gasteiger charge is -2.11. The molecule has 0 saturated heterocycles. The van der Waals surface area contributed by atoms with E-state index in [1.165, 1.54) is 0 Å². The third kappa shape index (κ3) is 1.82. The maximum atomic E-state index is 6.03. The van der Waals surface area contributed by atoms with Crippen LogP contribution in [0.25, 0.3) is 0 Å². The Morgan fingerprint density at radius 2 is 2.36 bits per heavy atom. The van der Waals surface area contributed by atoms with E-state index in [0.29, 0.717) is 0 Å². The summed E-state index contributed by atoms with van der Waals surface area (Å²) >= 11 is 9.17. The second-order valence-corrected chi connectivity index (χ2v) is 4.91. The fourth-order valence-electron chi connectivity index (χ4n) is 1.17. The SMILES string of the molecule is NNC(c1cncs1)c1sccc1Cl. The number of hydrogen-bond donors (Lipinski definition) is 2. The number of rotatable bonds is 3. The third-order valence-electron chi connectivity index (χ3n) is 1.81. The Balaban J connectivity index is 2.36. The fraction of sp³-hybridized carbons (Fsp3) is 0.125. The summed E-state index contributed by atoms with van der Waals surface area (Å²) in [5.41, 5.74) is 4.52. The maximum Gasteiger partial charge on any atom is 0.0925 e. The highest BCUT2D eigenvalue weighted by Crippen LogP contribution is 2.33. The highest BCUT2D eigenvalue weighted by Gasteiger charge is 2.17. The van der Waals surface area contributed by atoms with Crippen molar-refractivity contribution >= 4 is 34.3 Å². The first-order chi connectivity index (χ1) is 6.83. The minimum atomic E-state index is -0.0463. The van der Waals surface area contributed by atoms with Gasteiger partial charge in [0.05, 0.1) is 16.6 Å². The summed E-state index contributed by atoms with van der Waals surface area (Å²) in [7, 11) is 0. The smallest absolute Gasteiger partial charge is 0.0925 e. The lowest BCUT2D eigenvalue weighted by atomic mass is 10.2. The summed E-state index contributed by atoms with van der Waals surface area (Å²) in [4.78, 5) is 6.11. The number of thiazole rings is 1. The lowest BCUT2D eigenvalue weighted by Crippen LogP contribution is -2.27. The van der Waals surface area contributed by atoms with E-state index in [4.69, 9.17) is 17.4 Å². The first-order valence-corrected chi connectivity index (χ1v) is 6.04. The van der Waals surface area contributed by atoms with E-state index >= 15 is 0 Å². The van der Waals surface area contributed by atoms with Crippen molar-refractivity contribution < 1.29 is 0 Å². The van der Waals surface area contributed by atoms with Crippen LogP contribution in [0.5, 0.6) is 0 Å². The van der Waals surface area contributed by atoms with Gasteiger partial charge in [-0.1, -0.05) is 11.6 Å². The molecule has 2 rings (SSSR count). The number of aromatic nitrogens is 1. The number of hydrazine groups is 1. The van der Waals surface area contributed by atoms with Crippen LogP contribution >= 0.6 is 34.3 Å². The maximum absolute atomic E-state index is 6.03. The Morgan fingerprint density at radius 3 is 2.86 bits per heavy atom. The Morgan fingerprint density at radius 1 is 1.50 bits per heavy atom. The molecule has 1 unspecified atom stereocenters. The van der Waals surface area contributed by atoms with Crippen molar-refractivity contribution in [2.75, 3.05) is 0 Å². The van der Waals surface area contributed by atoms with E-state index in [-0.39, 0.29) is 6.04 Å². The first-order valence-electron chi connectivity index (χ1n) is 3.90. The highest BCUT2D eigenvalue weighted by molar-refractivity contribution is 7.11. The number of hydrogen-bond acceptors (Lipinski definition) is 5. The zero-order chi connectivity index (χ0) is 9.97. The van der Waals surface area contributed by atoms with Crippen LogP contribution in [0, 0.1) is 0 Å². The van der Waals surface area contributed by atoms with E-state index in [1.54, 1.807) is 34.4 Å². The normalized spacial score (nSPS) is 13.0. The van der Waals surface area contributed by atoms with E-state index in [1.807, 2.05) is 11.4 Å². The van der Waals surface area contributed by atoms with Crippen molar-refractivity contribution in [2.24, 2.45) is 5.84 Å². The fourth-order valence-corrected chi connectivity index (χ4v) is 3.17. The van der Waals surface area contributed by atoms with Crippen molar-refractivity contribution in [2.45, 2.75) is 6.04 Å². The van der Waals surface area contributed by atoms with Gasteiger partial charge in [-0.15, -0.1) is 22.7 Å². The summed E-state index contributed by atoms with van der Waals surface area (Å²) in [6.45, 7) is 0. The van der Waals surface area contributed by atoms with Crippen LogP contribution in [-0.2, 0) is 0 Å². The number of halogens is 1. The van der Waals surface area contributed by atoms with Crippen LogP contribution in [0.15, 0.2) is 23.2 Å². The van der Waals surface area contributed by atoms with Crippen LogP contribution in [-0.4, -0.2) is 4.98 Å². The zero-order valence-corrected chi connectivity index (χ0v) is 9.49. The van der Waals surface area contributed by atoms with Gasteiger partial charge in [-0.05, 0) is 11.4 Å². The molecule has 2 aromatic rings. The Bertz CT molecular complexity index is 398. The average Bonchev–Trinajstić information content (AvgIpc) is 2.80. The topological polar surface area (TPSA) is 50.9 Å². The molecule has 0 aliphatic heterocycles. The molecule has 0 saturated carbocycles. The van der Waals surface area contributed by atoms with Crippen molar-refractivity contribution in [3.63, 3.8) is 0 Å². The quantitative estimate of drug-likeness (QED) is 0.645. The van der Waals surface area contributed by atoms with Crippen LogP contribution in [0.4, 0.5) is 0 Å². The molecular formula is C8H8ClN3S2. The molecule has 1 atom stereocenters. The van der Waals surface area contributed by atoms with Gasteiger partial charge >= 0.3 is 0 Å².